The number of amides is 1. The third kappa shape index (κ3) is 2.70. The number of benzene rings is 1. The third-order valence-electron chi connectivity index (χ3n) is 2.56. The fourth-order valence-electron chi connectivity index (χ4n) is 1.55. The van der Waals surface area contributed by atoms with Crippen molar-refractivity contribution in [1.82, 2.24) is 4.90 Å². The second-order valence-electron chi connectivity index (χ2n) is 3.79. The third-order valence-corrected chi connectivity index (χ3v) is 4.27. The molecule has 0 unspecified atom stereocenters. The quantitative estimate of drug-likeness (QED) is 0.672. The van der Waals surface area contributed by atoms with Crippen LogP contribution in [0.25, 0.3) is 6.08 Å². The van der Waals surface area contributed by atoms with Gasteiger partial charge in [0.25, 0.3) is 5.91 Å². The van der Waals surface area contributed by atoms with Crippen molar-refractivity contribution in [3.05, 3.63) is 27.6 Å². The predicted octanol–water partition coefficient (Wildman–Crippen LogP) is 2.89. The van der Waals surface area contributed by atoms with Crippen molar-refractivity contribution in [2.45, 2.75) is 0 Å². The second kappa shape index (κ2) is 5.40. The van der Waals surface area contributed by atoms with E-state index in [1.807, 2.05) is 0 Å². The van der Waals surface area contributed by atoms with E-state index < -0.39 is 0 Å². The number of rotatable bonds is 2. The highest BCUT2D eigenvalue weighted by molar-refractivity contribution is 8.26. The van der Waals surface area contributed by atoms with Gasteiger partial charge in [0.2, 0.25) is 0 Å². The van der Waals surface area contributed by atoms with E-state index >= 15 is 0 Å². The Hall–Kier alpha value is -1.24. The maximum atomic E-state index is 11.9. The topological polar surface area (TPSA) is 49.8 Å². The average Bonchev–Trinajstić information content (AvgIpc) is 2.61. The minimum Gasteiger partial charge on any atom is -0.504 e. The number of hydrogen-bond donors (Lipinski definition) is 1. The largest absolute Gasteiger partial charge is 0.504 e. The highest BCUT2D eigenvalue weighted by Crippen LogP contribution is 2.38. The molecule has 1 saturated heterocycles. The first-order chi connectivity index (χ1) is 8.93. The number of hydrogen-bond acceptors (Lipinski definition) is 5. The zero-order valence-electron chi connectivity index (χ0n) is 10.1. The predicted molar refractivity (Wildman–Crippen MR) is 80.6 cm³/mol. The van der Waals surface area contributed by atoms with Crippen LogP contribution in [0, 0.1) is 0 Å². The molecule has 1 heterocycles. The van der Waals surface area contributed by atoms with Crippen LogP contribution < -0.4 is 4.74 Å². The normalized spacial score (nSPS) is 17.4. The van der Waals surface area contributed by atoms with Crippen LogP contribution >= 0.6 is 35.6 Å². The van der Waals surface area contributed by atoms with E-state index in [1.54, 1.807) is 19.2 Å². The maximum absolute atomic E-state index is 11.9. The van der Waals surface area contributed by atoms with Gasteiger partial charge in [0.1, 0.15) is 4.32 Å². The van der Waals surface area contributed by atoms with Crippen LogP contribution in [0.3, 0.4) is 0 Å². The van der Waals surface area contributed by atoms with Gasteiger partial charge < -0.3 is 9.84 Å². The number of halogens is 1. The lowest BCUT2D eigenvalue weighted by Gasteiger charge is -2.07. The summed E-state index contributed by atoms with van der Waals surface area (Å²) in [4.78, 5) is 13.7. The lowest BCUT2D eigenvalue weighted by atomic mass is 10.1. The summed E-state index contributed by atoms with van der Waals surface area (Å²) < 4.78 is 5.48. The van der Waals surface area contributed by atoms with Crippen LogP contribution in [0.5, 0.6) is 11.5 Å². The molecule has 0 aromatic heterocycles. The molecule has 4 nitrogen and oxygen atoms in total. The number of likely N-dealkylation sites (N-methyl/N-ethyl adjacent to an activating group) is 1. The van der Waals surface area contributed by atoms with Crippen LogP contribution in [0.2, 0.25) is 5.02 Å². The Morgan fingerprint density at radius 1 is 1.53 bits per heavy atom. The van der Waals surface area contributed by atoms with E-state index in [4.69, 9.17) is 28.6 Å². The Morgan fingerprint density at radius 3 is 2.74 bits per heavy atom. The number of aromatic hydroxyl groups is 1. The van der Waals surface area contributed by atoms with Crippen LogP contribution in [-0.2, 0) is 4.79 Å². The Labute approximate surface area is 125 Å². The molecule has 1 amide bonds. The van der Waals surface area contributed by atoms with E-state index in [1.165, 1.54) is 29.8 Å². The smallest absolute Gasteiger partial charge is 0.265 e. The van der Waals surface area contributed by atoms with E-state index in [0.717, 1.165) is 0 Å². The fraction of sp³-hybridized carbons (Fsp3) is 0.167. The highest BCUT2D eigenvalue weighted by atomic mass is 35.5. The molecule has 2 rings (SSSR count). The summed E-state index contributed by atoms with van der Waals surface area (Å²) in [6.07, 6.45) is 1.55. The first-order valence-corrected chi connectivity index (χ1v) is 6.82. The molecule has 0 atom stereocenters. The molecule has 0 saturated carbocycles. The molecule has 1 aromatic rings. The average molecular weight is 316 g/mol. The molecular formula is C12H10ClNO3S2. The van der Waals surface area contributed by atoms with E-state index in [0.29, 0.717) is 19.8 Å². The summed E-state index contributed by atoms with van der Waals surface area (Å²) in [5.41, 5.74) is 0.415. The zero-order valence-corrected chi connectivity index (χ0v) is 12.5. The van der Waals surface area contributed by atoms with E-state index in [-0.39, 0.29) is 17.4 Å². The molecule has 1 fully saturated rings. The standard InChI is InChI=1S/C12H10ClNO3S2/c1-14-11(16)9(19-12(14)18)4-6-3-7(13)5-8(17-2)10(6)15/h3-5,15H,1-2H3. The lowest BCUT2D eigenvalue weighted by Crippen LogP contribution is -2.22. The van der Waals surface area contributed by atoms with Crippen molar-refractivity contribution in [2.75, 3.05) is 14.2 Å². The van der Waals surface area contributed by atoms with Crippen molar-refractivity contribution >= 4 is 51.9 Å². The highest BCUT2D eigenvalue weighted by Gasteiger charge is 2.29. The van der Waals surface area contributed by atoms with Gasteiger partial charge in [0.05, 0.1) is 12.0 Å². The Kier molecular flexibility index (Phi) is 4.03. The van der Waals surface area contributed by atoms with Gasteiger partial charge in [-0.05, 0) is 12.1 Å². The van der Waals surface area contributed by atoms with Crippen molar-refractivity contribution < 1.29 is 14.6 Å². The van der Waals surface area contributed by atoms with Crippen LogP contribution in [0.4, 0.5) is 0 Å². The second-order valence-corrected chi connectivity index (χ2v) is 5.90. The van der Waals surface area contributed by atoms with Gasteiger partial charge in [-0.3, -0.25) is 9.69 Å². The molecule has 7 heteroatoms. The number of carbonyl (C=O) groups excluding carboxylic acids is 1. The van der Waals surface area contributed by atoms with Crippen molar-refractivity contribution in [3.63, 3.8) is 0 Å². The molecule has 1 N–H and O–H groups in total. The summed E-state index contributed by atoms with van der Waals surface area (Å²) in [5.74, 6) is -0.00709. The van der Waals surface area contributed by atoms with E-state index in [2.05, 4.69) is 0 Å². The zero-order chi connectivity index (χ0) is 14.2. The molecular weight excluding hydrogens is 306 g/mol. The van der Waals surface area contributed by atoms with Crippen LogP contribution in [-0.4, -0.2) is 34.4 Å². The number of ether oxygens (including phenoxy) is 1. The SMILES string of the molecule is COc1cc(Cl)cc(C=C2SC(=S)N(C)C2=O)c1O. The number of thioether (sulfide) groups is 1. The van der Waals surface area contributed by atoms with Crippen LogP contribution in [0.15, 0.2) is 17.0 Å². The minimum atomic E-state index is -0.201. The lowest BCUT2D eigenvalue weighted by molar-refractivity contribution is -0.121. The number of methoxy groups -OCH3 is 1. The summed E-state index contributed by atoms with van der Waals surface area (Å²) in [6, 6.07) is 3.06. The van der Waals surface area contributed by atoms with Gasteiger partial charge in [-0.15, -0.1) is 0 Å². The summed E-state index contributed by atoms with van der Waals surface area (Å²) in [5, 5.41) is 10.4. The van der Waals surface area contributed by atoms with Gasteiger partial charge in [-0.1, -0.05) is 35.6 Å². The number of thiocarbonyl (C=S) groups is 1. The molecule has 19 heavy (non-hydrogen) atoms. The summed E-state index contributed by atoms with van der Waals surface area (Å²) in [6.45, 7) is 0. The van der Waals surface area contributed by atoms with Crippen molar-refractivity contribution in [2.24, 2.45) is 0 Å². The molecule has 1 aromatic carbocycles. The molecule has 1 aliphatic rings. The van der Waals surface area contributed by atoms with Gasteiger partial charge >= 0.3 is 0 Å². The molecule has 0 spiro atoms. The molecule has 100 valence electrons. The summed E-state index contributed by atoms with van der Waals surface area (Å²) >= 11 is 12.1. The molecule has 0 aliphatic carbocycles. The van der Waals surface area contributed by atoms with Gasteiger partial charge in [-0.2, -0.15) is 0 Å². The fourth-order valence-corrected chi connectivity index (χ4v) is 2.93. The van der Waals surface area contributed by atoms with Crippen LogP contribution in [0.1, 0.15) is 5.56 Å². The number of carbonyl (C=O) groups is 1. The summed E-state index contributed by atoms with van der Waals surface area (Å²) in [7, 11) is 3.04. The molecule has 0 radical (unpaired) electrons. The van der Waals surface area contributed by atoms with Gasteiger partial charge in [-0.25, -0.2) is 0 Å². The number of phenolic OH excluding ortho intramolecular Hbond substituents is 1. The molecule has 0 bridgehead atoms. The van der Waals surface area contributed by atoms with Gasteiger partial charge in [0.15, 0.2) is 11.5 Å². The number of phenols is 1. The monoisotopic (exact) mass is 315 g/mol. The van der Waals surface area contributed by atoms with Gasteiger partial charge in [0, 0.05) is 23.7 Å². The first-order valence-electron chi connectivity index (χ1n) is 5.22. The van der Waals surface area contributed by atoms with E-state index in [9.17, 15) is 9.90 Å². The number of nitrogens with zero attached hydrogens (tertiary/aromatic N) is 1. The Balaban J connectivity index is 2.47. The maximum Gasteiger partial charge on any atom is 0.265 e. The minimum absolute atomic E-state index is 0.0618. The van der Waals surface area contributed by atoms with Crippen molar-refractivity contribution in [1.29, 1.82) is 0 Å². The Morgan fingerprint density at radius 2 is 2.21 bits per heavy atom. The molecule has 1 aliphatic heterocycles. The first kappa shape index (κ1) is 14.2. The Bertz CT molecular complexity index is 601. The van der Waals surface area contributed by atoms with Crippen molar-refractivity contribution in [3.8, 4) is 11.5 Å².